The molecule has 1 aliphatic carbocycles. The molecule has 1 rings (SSSR count). The molecule has 0 bridgehead atoms. The number of nitrogens with two attached hydrogens (primary N) is 1. The lowest BCUT2D eigenvalue weighted by Crippen LogP contribution is -2.32. The maximum atomic E-state index is 11.9. The van der Waals surface area contributed by atoms with Crippen molar-refractivity contribution < 1.29 is 13.2 Å². The highest BCUT2D eigenvalue weighted by atomic mass is 32.2. The maximum absolute atomic E-state index is 11.9. The van der Waals surface area contributed by atoms with Gasteiger partial charge in [0.05, 0.1) is 5.84 Å². The molecule has 0 aromatic rings. The molecule has 0 spiro atoms. The summed E-state index contributed by atoms with van der Waals surface area (Å²) in [5.41, 5.74) is 1.09. The molecular formula is C9H16F3N3S. The molecule has 16 heavy (non-hydrogen) atoms. The first-order valence-electron chi connectivity index (χ1n) is 5.16. The van der Waals surface area contributed by atoms with Gasteiger partial charge in [-0.05, 0) is 24.6 Å². The largest absolute Gasteiger partial charge is 0.441 e. The molecule has 94 valence electrons. The van der Waals surface area contributed by atoms with Gasteiger partial charge in [-0.25, -0.2) is 0 Å². The minimum Gasteiger partial charge on any atom is -0.388 e. The molecule has 0 aliphatic heterocycles. The molecule has 1 fully saturated rings. The van der Waals surface area contributed by atoms with Crippen molar-refractivity contribution in [2.75, 3.05) is 18.8 Å². The predicted octanol–water partition coefficient (Wildman–Crippen LogP) is 2.03. The van der Waals surface area contributed by atoms with E-state index in [0.29, 0.717) is 25.6 Å². The summed E-state index contributed by atoms with van der Waals surface area (Å²) in [6.45, 7) is 1.01. The molecule has 0 saturated heterocycles. The molecule has 3 N–H and O–H groups in total. The summed E-state index contributed by atoms with van der Waals surface area (Å²) in [6, 6.07) is 0.410. The van der Waals surface area contributed by atoms with Crippen molar-refractivity contribution in [1.82, 2.24) is 4.90 Å². The van der Waals surface area contributed by atoms with E-state index in [4.69, 9.17) is 11.1 Å². The lowest BCUT2D eigenvalue weighted by atomic mass is 10.3. The van der Waals surface area contributed by atoms with Crippen LogP contribution in [0.2, 0.25) is 0 Å². The standard InChI is InChI=1S/C9H16F3N3S/c10-9(11,12)16-6-5-15(7-1-2-7)4-3-8(13)14/h7H,1-6H2,(H3,13,14). The van der Waals surface area contributed by atoms with Crippen molar-refractivity contribution in [1.29, 1.82) is 5.41 Å². The van der Waals surface area contributed by atoms with Crippen molar-refractivity contribution in [3.05, 3.63) is 0 Å². The Morgan fingerprint density at radius 2 is 2.00 bits per heavy atom. The Labute approximate surface area is 97.1 Å². The van der Waals surface area contributed by atoms with Gasteiger partial charge in [0.25, 0.3) is 0 Å². The van der Waals surface area contributed by atoms with E-state index in [0.717, 1.165) is 12.8 Å². The number of hydrogen-bond acceptors (Lipinski definition) is 3. The molecule has 0 radical (unpaired) electrons. The zero-order valence-electron chi connectivity index (χ0n) is 8.89. The first-order valence-corrected chi connectivity index (χ1v) is 6.14. The fraction of sp³-hybridized carbons (Fsp3) is 0.889. The van der Waals surface area contributed by atoms with Gasteiger partial charge in [-0.3, -0.25) is 10.3 Å². The number of amidine groups is 1. The highest BCUT2D eigenvalue weighted by Crippen LogP contribution is 2.31. The van der Waals surface area contributed by atoms with Gasteiger partial charge in [-0.1, -0.05) is 0 Å². The van der Waals surface area contributed by atoms with Crippen LogP contribution < -0.4 is 5.73 Å². The third kappa shape index (κ3) is 6.22. The lowest BCUT2D eigenvalue weighted by molar-refractivity contribution is -0.0328. The fourth-order valence-electron chi connectivity index (χ4n) is 1.46. The summed E-state index contributed by atoms with van der Waals surface area (Å²) in [4.78, 5) is 2.00. The smallest absolute Gasteiger partial charge is 0.388 e. The molecule has 0 unspecified atom stereocenters. The van der Waals surface area contributed by atoms with E-state index in [2.05, 4.69) is 0 Å². The molecule has 1 saturated carbocycles. The minimum atomic E-state index is -4.14. The van der Waals surface area contributed by atoms with E-state index in [1.807, 2.05) is 4.90 Å². The van der Waals surface area contributed by atoms with Gasteiger partial charge in [0.1, 0.15) is 0 Å². The van der Waals surface area contributed by atoms with Crippen LogP contribution in [0.5, 0.6) is 0 Å². The van der Waals surface area contributed by atoms with E-state index < -0.39 is 5.51 Å². The van der Waals surface area contributed by atoms with E-state index in [1.165, 1.54) is 0 Å². The van der Waals surface area contributed by atoms with Crippen molar-refractivity contribution >= 4 is 17.6 Å². The van der Waals surface area contributed by atoms with Crippen LogP contribution in [0.4, 0.5) is 13.2 Å². The number of halogens is 3. The Morgan fingerprint density at radius 3 is 2.44 bits per heavy atom. The summed E-state index contributed by atoms with van der Waals surface area (Å²) in [5.74, 6) is 0.145. The zero-order chi connectivity index (χ0) is 12.2. The molecule has 0 atom stereocenters. The van der Waals surface area contributed by atoms with Gasteiger partial charge >= 0.3 is 5.51 Å². The van der Waals surface area contributed by atoms with Crippen molar-refractivity contribution in [3.8, 4) is 0 Å². The quantitative estimate of drug-likeness (QED) is 0.540. The average molecular weight is 255 g/mol. The van der Waals surface area contributed by atoms with Gasteiger partial charge in [-0.2, -0.15) is 13.2 Å². The van der Waals surface area contributed by atoms with Crippen LogP contribution in [-0.2, 0) is 0 Å². The van der Waals surface area contributed by atoms with Crippen LogP contribution in [0.3, 0.4) is 0 Å². The molecule has 1 aliphatic rings. The summed E-state index contributed by atoms with van der Waals surface area (Å²) < 4.78 is 35.8. The number of nitrogens with zero attached hydrogens (tertiary/aromatic N) is 1. The summed E-state index contributed by atoms with van der Waals surface area (Å²) in [7, 11) is 0. The van der Waals surface area contributed by atoms with Gasteiger partial charge in [0, 0.05) is 31.3 Å². The van der Waals surface area contributed by atoms with Crippen LogP contribution in [0.15, 0.2) is 0 Å². The van der Waals surface area contributed by atoms with Crippen LogP contribution in [-0.4, -0.2) is 41.1 Å². The summed E-state index contributed by atoms with van der Waals surface area (Å²) >= 11 is 0.0147. The Morgan fingerprint density at radius 1 is 1.38 bits per heavy atom. The van der Waals surface area contributed by atoms with Crippen LogP contribution in [0.1, 0.15) is 19.3 Å². The third-order valence-corrected chi connectivity index (χ3v) is 3.09. The number of hydrogen-bond donors (Lipinski definition) is 2. The predicted molar refractivity (Wildman–Crippen MR) is 59.6 cm³/mol. The van der Waals surface area contributed by atoms with Crippen LogP contribution >= 0.6 is 11.8 Å². The Kier molecular flexibility index (Phi) is 4.91. The highest BCUT2D eigenvalue weighted by Gasteiger charge is 2.31. The molecule has 0 aromatic carbocycles. The second-order valence-corrected chi connectivity index (χ2v) is 5.00. The molecule has 0 amide bonds. The monoisotopic (exact) mass is 255 g/mol. The number of alkyl halides is 3. The molecular weight excluding hydrogens is 239 g/mol. The van der Waals surface area contributed by atoms with E-state index >= 15 is 0 Å². The van der Waals surface area contributed by atoms with Crippen LogP contribution in [0.25, 0.3) is 0 Å². The van der Waals surface area contributed by atoms with Gasteiger partial charge < -0.3 is 5.73 Å². The first kappa shape index (κ1) is 13.6. The zero-order valence-corrected chi connectivity index (χ0v) is 9.70. The number of rotatable bonds is 7. The molecule has 7 heteroatoms. The molecule has 3 nitrogen and oxygen atoms in total. The van der Waals surface area contributed by atoms with Gasteiger partial charge in [0.15, 0.2) is 0 Å². The Hall–Kier alpha value is -0.430. The third-order valence-electron chi connectivity index (χ3n) is 2.38. The van der Waals surface area contributed by atoms with E-state index in [-0.39, 0.29) is 23.4 Å². The Balaban J connectivity index is 2.20. The number of thioether (sulfide) groups is 1. The van der Waals surface area contributed by atoms with Crippen molar-refractivity contribution in [3.63, 3.8) is 0 Å². The SMILES string of the molecule is N=C(N)CCN(CCSC(F)(F)F)C1CC1. The first-order chi connectivity index (χ1) is 7.38. The molecule has 0 aromatic heterocycles. The highest BCUT2D eigenvalue weighted by molar-refractivity contribution is 8.00. The summed E-state index contributed by atoms with van der Waals surface area (Å²) in [6.07, 6.45) is 2.54. The normalized spacial score (nSPS) is 16.8. The maximum Gasteiger partial charge on any atom is 0.441 e. The topological polar surface area (TPSA) is 53.1 Å². The van der Waals surface area contributed by atoms with E-state index in [1.54, 1.807) is 0 Å². The van der Waals surface area contributed by atoms with Crippen LogP contribution in [0, 0.1) is 5.41 Å². The molecule has 0 heterocycles. The van der Waals surface area contributed by atoms with Gasteiger partial charge in [0.2, 0.25) is 0 Å². The van der Waals surface area contributed by atoms with E-state index in [9.17, 15) is 13.2 Å². The second-order valence-electron chi connectivity index (χ2n) is 3.84. The Bertz CT molecular complexity index is 241. The van der Waals surface area contributed by atoms with Crippen molar-refractivity contribution in [2.24, 2.45) is 5.73 Å². The summed E-state index contributed by atoms with van der Waals surface area (Å²) in [5, 5.41) is 7.09. The number of nitrogens with one attached hydrogen (secondary N) is 1. The second kappa shape index (κ2) is 5.77. The lowest BCUT2D eigenvalue weighted by Gasteiger charge is -2.21. The van der Waals surface area contributed by atoms with Gasteiger partial charge in [-0.15, -0.1) is 0 Å². The minimum absolute atomic E-state index is 0.0147. The fourth-order valence-corrected chi connectivity index (χ4v) is 2.02. The van der Waals surface area contributed by atoms with Crippen molar-refractivity contribution in [2.45, 2.75) is 30.8 Å². The average Bonchev–Trinajstić information content (AvgIpc) is 2.91.